The monoisotopic (exact) mass is 344 g/mol. The smallest absolute Gasteiger partial charge is 0.416 e. The summed E-state index contributed by atoms with van der Waals surface area (Å²) in [6.07, 6.45) is -3.96. The highest BCUT2D eigenvalue weighted by Gasteiger charge is 2.31. The molecule has 1 aromatic carbocycles. The highest BCUT2D eigenvalue weighted by atomic mass is 19.4. The van der Waals surface area contributed by atoms with Crippen LogP contribution in [-0.2, 0) is 15.7 Å². The fraction of sp³-hybridized carbons (Fsp3) is 0.500. The van der Waals surface area contributed by atoms with Crippen molar-refractivity contribution in [3.8, 4) is 0 Å². The van der Waals surface area contributed by atoms with E-state index < -0.39 is 17.8 Å². The van der Waals surface area contributed by atoms with Crippen LogP contribution in [0.4, 0.5) is 23.7 Å². The van der Waals surface area contributed by atoms with Crippen LogP contribution in [0.1, 0.15) is 25.3 Å². The molecule has 1 heterocycles. The van der Waals surface area contributed by atoms with Gasteiger partial charge >= 0.3 is 12.3 Å². The van der Waals surface area contributed by atoms with E-state index in [1.165, 1.54) is 17.0 Å². The third-order valence-electron chi connectivity index (χ3n) is 3.85. The number of halogens is 3. The van der Waals surface area contributed by atoms with Crippen molar-refractivity contribution in [3.05, 3.63) is 29.8 Å². The molecule has 0 atom stereocenters. The average Bonchev–Trinajstić information content (AvgIpc) is 2.54. The van der Waals surface area contributed by atoms with Crippen molar-refractivity contribution < 1.29 is 27.5 Å². The number of benzene rings is 1. The van der Waals surface area contributed by atoms with Crippen LogP contribution in [0.5, 0.6) is 0 Å². The predicted molar refractivity (Wildman–Crippen MR) is 81.4 cm³/mol. The summed E-state index contributed by atoms with van der Waals surface area (Å²) >= 11 is 0. The van der Waals surface area contributed by atoms with Crippen LogP contribution in [0.3, 0.4) is 0 Å². The molecular weight excluding hydrogens is 325 g/mol. The van der Waals surface area contributed by atoms with Gasteiger partial charge in [-0.1, -0.05) is 6.07 Å². The number of nitrogens with zero attached hydrogens (tertiary/aromatic N) is 1. The van der Waals surface area contributed by atoms with Crippen molar-refractivity contribution in [2.75, 3.05) is 25.0 Å². The summed E-state index contributed by atoms with van der Waals surface area (Å²) in [5, 5.41) is 2.52. The summed E-state index contributed by atoms with van der Waals surface area (Å²) in [6, 6.07) is 4.53. The lowest BCUT2D eigenvalue weighted by atomic mass is 9.96. The Kier molecular flexibility index (Phi) is 5.69. The van der Waals surface area contributed by atoms with E-state index in [1.807, 2.05) is 0 Å². The molecular formula is C16H19F3N2O3. The predicted octanol–water partition coefficient (Wildman–Crippen LogP) is 3.51. The maximum atomic E-state index is 12.7. The Bertz CT molecular complexity index is 596. The average molecular weight is 344 g/mol. The van der Waals surface area contributed by atoms with Crippen LogP contribution in [-0.4, -0.2) is 36.6 Å². The number of hydrogen-bond donors (Lipinski definition) is 1. The first kappa shape index (κ1) is 18.1. The standard InChI is InChI=1S/C16H19F3N2O3/c1-2-24-15(23)21-8-6-11(7-9-21)14(22)20-13-5-3-4-12(10-13)16(17,18)19/h3-5,10-11H,2,6-9H2,1H3,(H,20,22). The van der Waals surface area contributed by atoms with Gasteiger partial charge in [-0.15, -0.1) is 0 Å². The Labute approximate surface area is 137 Å². The second kappa shape index (κ2) is 7.55. The molecule has 0 radical (unpaired) electrons. The molecule has 8 heteroatoms. The molecule has 1 aliphatic heterocycles. The molecule has 1 aromatic rings. The van der Waals surface area contributed by atoms with Crippen molar-refractivity contribution in [2.24, 2.45) is 5.92 Å². The highest BCUT2D eigenvalue weighted by Crippen LogP contribution is 2.31. The summed E-state index contributed by atoms with van der Waals surface area (Å²) in [4.78, 5) is 25.3. The number of carbonyl (C=O) groups excluding carboxylic acids is 2. The lowest BCUT2D eigenvalue weighted by Gasteiger charge is -2.30. The second-order valence-corrected chi connectivity index (χ2v) is 5.53. The lowest BCUT2D eigenvalue weighted by molar-refractivity contribution is -0.137. The Hall–Kier alpha value is -2.25. The van der Waals surface area contributed by atoms with Crippen molar-refractivity contribution in [1.29, 1.82) is 0 Å². The van der Waals surface area contributed by atoms with E-state index in [1.54, 1.807) is 6.92 Å². The molecule has 0 spiro atoms. The van der Waals surface area contributed by atoms with Crippen molar-refractivity contribution in [1.82, 2.24) is 4.90 Å². The normalized spacial score (nSPS) is 15.9. The van der Waals surface area contributed by atoms with Crippen LogP contribution in [0.2, 0.25) is 0 Å². The number of piperidine rings is 1. The molecule has 2 rings (SSSR count). The quantitative estimate of drug-likeness (QED) is 0.913. The summed E-state index contributed by atoms with van der Waals surface area (Å²) in [7, 11) is 0. The van der Waals surface area contributed by atoms with Gasteiger partial charge in [-0.3, -0.25) is 4.79 Å². The fourth-order valence-electron chi connectivity index (χ4n) is 2.56. The topological polar surface area (TPSA) is 58.6 Å². The molecule has 0 unspecified atom stereocenters. The molecule has 1 aliphatic rings. The Morgan fingerprint density at radius 2 is 1.96 bits per heavy atom. The minimum atomic E-state index is -4.45. The lowest BCUT2D eigenvalue weighted by Crippen LogP contribution is -2.41. The van der Waals surface area contributed by atoms with Crippen LogP contribution in [0, 0.1) is 5.92 Å². The number of anilines is 1. The number of carbonyl (C=O) groups is 2. The number of alkyl halides is 3. The molecule has 24 heavy (non-hydrogen) atoms. The molecule has 2 amide bonds. The zero-order valence-corrected chi connectivity index (χ0v) is 13.2. The first-order valence-corrected chi connectivity index (χ1v) is 7.71. The van der Waals surface area contributed by atoms with Crippen LogP contribution < -0.4 is 5.32 Å². The number of hydrogen-bond acceptors (Lipinski definition) is 3. The minimum absolute atomic E-state index is 0.114. The summed E-state index contributed by atoms with van der Waals surface area (Å²) < 4.78 is 42.9. The number of likely N-dealkylation sites (tertiary alicyclic amines) is 1. The van der Waals surface area contributed by atoms with Crippen LogP contribution in [0.25, 0.3) is 0 Å². The third-order valence-corrected chi connectivity index (χ3v) is 3.85. The molecule has 0 saturated carbocycles. The van der Waals surface area contributed by atoms with Gasteiger partial charge in [0, 0.05) is 24.7 Å². The first-order chi connectivity index (χ1) is 11.3. The van der Waals surface area contributed by atoms with Gasteiger partial charge in [-0.2, -0.15) is 13.2 Å². The second-order valence-electron chi connectivity index (χ2n) is 5.53. The highest BCUT2D eigenvalue weighted by molar-refractivity contribution is 5.92. The molecule has 1 saturated heterocycles. The summed E-state index contributed by atoms with van der Waals surface area (Å²) in [5.41, 5.74) is -0.694. The Morgan fingerprint density at radius 1 is 1.29 bits per heavy atom. The molecule has 0 aliphatic carbocycles. The van der Waals surface area contributed by atoms with E-state index in [2.05, 4.69) is 5.32 Å². The SMILES string of the molecule is CCOC(=O)N1CCC(C(=O)Nc2cccc(C(F)(F)F)c2)CC1. The van der Waals surface area contributed by atoms with Gasteiger partial charge in [0.2, 0.25) is 5.91 Å². The molecule has 0 aromatic heterocycles. The van der Waals surface area contributed by atoms with E-state index in [-0.39, 0.29) is 24.1 Å². The largest absolute Gasteiger partial charge is 0.450 e. The number of nitrogens with one attached hydrogen (secondary N) is 1. The van der Waals surface area contributed by atoms with E-state index in [0.717, 1.165) is 12.1 Å². The van der Waals surface area contributed by atoms with Crippen molar-refractivity contribution in [3.63, 3.8) is 0 Å². The van der Waals surface area contributed by atoms with Gasteiger partial charge in [0.15, 0.2) is 0 Å². The van der Waals surface area contributed by atoms with E-state index in [0.29, 0.717) is 25.9 Å². The number of ether oxygens (including phenoxy) is 1. The third kappa shape index (κ3) is 4.62. The molecule has 132 valence electrons. The molecule has 1 N–H and O–H groups in total. The van der Waals surface area contributed by atoms with Gasteiger partial charge in [0.05, 0.1) is 12.2 Å². The van der Waals surface area contributed by atoms with Gasteiger partial charge < -0.3 is 15.0 Å². The molecule has 1 fully saturated rings. The maximum absolute atomic E-state index is 12.7. The summed E-state index contributed by atoms with van der Waals surface area (Å²) in [5.74, 6) is -0.678. The van der Waals surface area contributed by atoms with Crippen LogP contribution >= 0.6 is 0 Å². The maximum Gasteiger partial charge on any atom is 0.416 e. The van der Waals surface area contributed by atoms with E-state index >= 15 is 0 Å². The fourth-order valence-corrected chi connectivity index (χ4v) is 2.56. The van der Waals surface area contributed by atoms with Crippen molar-refractivity contribution in [2.45, 2.75) is 25.9 Å². The van der Waals surface area contributed by atoms with E-state index in [4.69, 9.17) is 4.74 Å². The van der Waals surface area contributed by atoms with E-state index in [9.17, 15) is 22.8 Å². The van der Waals surface area contributed by atoms with Gasteiger partial charge in [-0.25, -0.2) is 4.79 Å². The zero-order valence-electron chi connectivity index (χ0n) is 13.2. The zero-order chi connectivity index (χ0) is 17.7. The number of amides is 2. The van der Waals surface area contributed by atoms with Gasteiger partial charge in [0.1, 0.15) is 0 Å². The summed E-state index contributed by atoms with van der Waals surface area (Å²) in [6.45, 7) is 2.78. The number of rotatable bonds is 3. The molecule has 5 nitrogen and oxygen atoms in total. The molecule has 0 bridgehead atoms. The van der Waals surface area contributed by atoms with Crippen molar-refractivity contribution >= 4 is 17.7 Å². The Morgan fingerprint density at radius 3 is 2.54 bits per heavy atom. The Balaban J connectivity index is 1.91. The first-order valence-electron chi connectivity index (χ1n) is 7.71. The van der Waals surface area contributed by atoms with Crippen LogP contribution in [0.15, 0.2) is 24.3 Å². The van der Waals surface area contributed by atoms with Gasteiger partial charge in [-0.05, 0) is 38.0 Å². The van der Waals surface area contributed by atoms with Gasteiger partial charge in [0.25, 0.3) is 0 Å². The minimum Gasteiger partial charge on any atom is -0.450 e.